The van der Waals surface area contributed by atoms with E-state index in [-0.39, 0.29) is 18.7 Å². The van der Waals surface area contributed by atoms with Crippen LogP contribution in [0.1, 0.15) is 33.9 Å². The second kappa shape index (κ2) is 11.0. The first-order chi connectivity index (χ1) is 15.9. The van der Waals surface area contributed by atoms with Crippen LogP contribution in [0.5, 0.6) is 5.75 Å². The van der Waals surface area contributed by atoms with Gasteiger partial charge in [0.05, 0.1) is 25.4 Å². The molecule has 1 heterocycles. The highest BCUT2D eigenvalue weighted by Gasteiger charge is 2.27. The molecule has 170 valence electrons. The molecule has 0 aliphatic rings. The molecule has 0 aliphatic carbocycles. The minimum Gasteiger partial charge on any atom is -0.502 e. The second-order valence-corrected chi connectivity index (χ2v) is 7.16. The van der Waals surface area contributed by atoms with Crippen molar-refractivity contribution in [1.29, 1.82) is 0 Å². The lowest BCUT2D eigenvalue weighted by atomic mass is 9.94. The van der Waals surface area contributed by atoms with Gasteiger partial charge in [-0.15, -0.1) is 0 Å². The third-order valence-corrected chi connectivity index (χ3v) is 4.82. The summed E-state index contributed by atoms with van der Waals surface area (Å²) in [4.78, 5) is 30.4. The van der Waals surface area contributed by atoms with Crippen LogP contribution in [0, 0.1) is 11.8 Å². The number of H-pyrrole nitrogens is 1. The molecule has 7 nitrogen and oxygen atoms in total. The highest BCUT2D eigenvalue weighted by molar-refractivity contribution is 5.84. The first-order valence-electron chi connectivity index (χ1n) is 10.0. The summed E-state index contributed by atoms with van der Waals surface area (Å²) in [6.45, 7) is -0.895. The van der Waals surface area contributed by atoms with E-state index in [4.69, 9.17) is 5.11 Å². The first-order valence-corrected chi connectivity index (χ1v) is 10.0. The van der Waals surface area contributed by atoms with Gasteiger partial charge in [-0.25, -0.2) is 13.8 Å². The van der Waals surface area contributed by atoms with Crippen molar-refractivity contribution in [3.63, 3.8) is 0 Å². The Morgan fingerprint density at radius 3 is 2.15 bits per heavy atom. The van der Waals surface area contributed by atoms with Crippen LogP contribution in [0.4, 0.5) is 8.78 Å². The van der Waals surface area contributed by atoms with Crippen molar-refractivity contribution in [1.82, 2.24) is 15.3 Å². The molecule has 4 N–H and O–H groups in total. The molecule has 1 unspecified atom stereocenters. The molecule has 0 spiro atoms. The van der Waals surface area contributed by atoms with Gasteiger partial charge in [0.25, 0.3) is 12.0 Å². The van der Waals surface area contributed by atoms with E-state index in [9.17, 15) is 23.5 Å². The number of carbonyl (C=O) groups is 1. The molecule has 3 rings (SSSR count). The first kappa shape index (κ1) is 23.6. The van der Waals surface area contributed by atoms with Crippen LogP contribution in [0.2, 0.25) is 0 Å². The largest absolute Gasteiger partial charge is 0.502 e. The fourth-order valence-electron chi connectivity index (χ4n) is 3.07. The van der Waals surface area contributed by atoms with Crippen molar-refractivity contribution in [2.24, 2.45) is 0 Å². The number of hydrogen-bond acceptors (Lipinski definition) is 5. The van der Waals surface area contributed by atoms with Gasteiger partial charge in [-0.1, -0.05) is 36.1 Å². The Labute approximate surface area is 188 Å². The molecule has 0 aliphatic heterocycles. The number of alkyl halides is 2. The Bertz CT molecular complexity index is 1210. The van der Waals surface area contributed by atoms with Gasteiger partial charge in [0.2, 0.25) is 11.7 Å². The summed E-state index contributed by atoms with van der Waals surface area (Å²) in [6, 6.07) is 14.1. The summed E-state index contributed by atoms with van der Waals surface area (Å²) in [6.07, 6.45) is -1.68. The Morgan fingerprint density at radius 2 is 1.61 bits per heavy atom. The lowest BCUT2D eigenvalue weighted by molar-refractivity contribution is -0.123. The summed E-state index contributed by atoms with van der Waals surface area (Å²) >= 11 is 0. The molecular weight excluding hydrogens is 432 g/mol. The van der Waals surface area contributed by atoms with E-state index in [1.165, 1.54) is 0 Å². The van der Waals surface area contributed by atoms with E-state index in [0.29, 0.717) is 11.1 Å². The molecule has 2 aromatic carbocycles. The Hall–Kier alpha value is -4.03. The average Bonchev–Trinajstić information content (AvgIpc) is 2.82. The molecule has 1 aromatic heterocycles. The molecule has 0 saturated carbocycles. The number of halogens is 2. The van der Waals surface area contributed by atoms with Crippen LogP contribution in [-0.2, 0) is 17.8 Å². The van der Waals surface area contributed by atoms with E-state index in [2.05, 4.69) is 27.1 Å². The van der Waals surface area contributed by atoms with Crippen molar-refractivity contribution in [3.05, 3.63) is 93.2 Å². The minimum atomic E-state index is -2.74. The Morgan fingerprint density at radius 1 is 1.03 bits per heavy atom. The lowest BCUT2D eigenvalue weighted by Gasteiger charge is -2.17. The quantitative estimate of drug-likeness (QED) is 0.409. The van der Waals surface area contributed by atoms with E-state index >= 15 is 0 Å². The van der Waals surface area contributed by atoms with E-state index in [0.717, 1.165) is 17.5 Å². The molecule has 0 bridgehead atoms. The predicted molar refractivity (Wildman–Crippen MR) is 117 cm³/mol. The van der Waals surface area contributed by atoms with E-state index in [1.807, 2.05) is 0 Å². The van der Waals surface area contributed by atoms with Gasteiger partial charge in [0.1, 0.15) is 5.69 Å². The number of nitrogens with zero attached hydrogens (tertiary/aromatic N) is 1. The maximum absolute atomic E-state index is 12.6. The highest BCUT2D eigenvalue weighted by atomic mass is 19.3. The zero-order valence-electron chi connectivity index (χ0n) is 17.4. The van der Waals surface area contributed by atoms with Crippen LogP contribution < -0.4 is 10.9 Å². The van der Waals surface area contributed by atoms with Crippen molar-refractivity contribution in [3.8, 4) is 17.6 Å². The van der Waals surface area contributed by atoms with Crippen LogP contribution in [0.3, 0.4) is 0 Å². The number of aromatic hydroxyl groups is 1. The molecule has 0 radical (unpaired) electrons. The summed E-state index contributed by atoms with van der Waals surface area (Å²) in [5, 5.41) is 21.3. The monoisotopic (exact) mass is 453 g/mol. The van der Waals surface area contributed by atoms with Crippen LogP contribution in [-0.4, -0.2) is 39.1 Å². The normalized spacial score (nSPS) is 11.5. The number of aromatic nitrogens is 2. The number of carbonyl (C=O) groups excluding carboxylic acids is 1. The molecular formula is C24H21F2N3O4. The molecule has 1 atom stereocenters. The average molecular weight is 453 g/mol. The van der Waals surface area contributed by atoms with Crippen molar-refractivity contribution in [2.75, 3.05) is 6.54 Å². The van der Waals surface area contributed by atoms with Gasteiger partial charge in [0.15, 0.2) is 0 Å². The van der Waals surface area contributed by atoms with Gasteiger partial charge >= 0.3 is 0 Å². The predicted octanol–water partition coefficient (Wildman–Crippen LogP) is 2.08. The molecule has 1 amide bonds. The van der Waals surface area contributed by atoms with Gasteiger partial charge in [-0.05, 0) is 41.8 Å². The third kappa shape index (κ3) is 6.48. The van der Waals surface area contributed by atoms with Crippen LogP contribution >= 0.6 is 0 Å². The topological polar surface area (TPSA) is 115 Å². The number of amides is 1. The number of rotatable bonds is 7. The van der Waals surface area contributed by atoms with E-state index in [1.54, 1.807) is 48.5 Å². The fraction of sp³-hybridized carbons (Fsp3) is 0.208. The highest BCUT2D eigenvalue weighted by Crippen LogP contribution is 2.24. The molecule has 33 heavy (non-hydrogen) atoms. The number of benzene rings is 2. The van der Waals surface area contributed by atoms with E-state index < -0.39 is 36.1 Å². The van der Waals surface area contributed by atoms with Crippen molar-refractivity contribution >= 4 is 5.91 Å². The number of aliphatic hydroxyl groups excluding tert-OH is 1. The third-order valence-electron chi connectivity index (χ3n) is 4.82. The Balaban J connectivity index is 1.79. The van der Waals surface area contributed by atoms with Gasteiger partial charge in [-0.2, -0.15) is 0 Å². The maximum atomic E-state index is 12.6. The van der Waals surface area contributed by atoms with Crippen LogP contribution in [0.15, 0.2) is 59.7 Å². The number of hydrogen-bond donors (Lipinski definition) is 4. The fourth-order valence-corrected chi connectivity index (χ4v) is 3.07. The van der Waals surface area contributed by atoms with Crippen molar-refractivity contribution < 1.29 is 23.8 Å². The minimum absolute atomic E-state index is 0.0232. The summed E-state index contributed by atoms with van der Waals surface area (Å²) in [5.74, 6) is 3.36. The summed E-state index contributed by atoms with van der Waals surface area (Å²) in [5.41, 5.74) is 1.92. The number of nitrogens with one attached hydrogen (secondary N) is 2. The zero-order chi connectivity index (χ0) is 23.8. The zero-order valence-corrected chi connectivity index (χ0v) is 17.4. The molecule has 0 fully saturated rings. The number of aliphatic hydroxyl groups is 1. The lowest BCUT2D eigenvalue weighted by Crippen LogP contribution is -2.34. The van der Waals surface area contributed by atoms with Crippen molar-refractivity contribution in [2.45, 2.75) is 25.4 Å². The van der Waals surface area contributed by atoms with Gasteiger partial charge in [0, 0.05) is 11.1 Å². The Kier molecular flexibility index (Phi) is 7.89. The standard InChI is InChI=1S/C24H21F2N3O4/c25-20(26)12-27-23(32)19(21-22(31)24(33)29-14-28-21)11-17-7-3-15(4-8-17)1-2-16-5-9-18(13-30)10-6-16/h3-10,14,19-20,30-31H,11-13H2,(H,27,32)(H,28,29,33). The second-order valence-electron chi connectivity index (χ2n) is 7.16. The summed E-state index contributed by atoms with van der Waals surface area (Å²) < 4.78 is 25.1. The maximum Gasteiger partial charge on any atom is 0.293 e. The molecule has 9 heteroatoms. The smallest absolute Gasteiger partial charge is 0.293 e. The number of aromatic amines is 1. The van der Waals surface area contributed by atoms with Gasteiger partial charge in [-0.3, -0.25) is 9.59 Å². The summed E-state index contributed by atoms with van der Waals surface area (Å²) in [7, 11) is 0. The SMILES string of the molecule is O=C(NCC(F)F)C(Cc1ccc(C#Cc2ccc(CO)cc2)cc1)c1nc[nH]c(=O)c1O. The van der Waals surface area contributed by atoms with Gasteiger partial charge < -0.3 is 20.5 Å². The molecule has 3 aromatic rings. The van der Waals surface area contributed by atoms with Crippen LogP contribution in [0.25, 0.3) is 0 Å². The molecule has 0 saturated heterocycles.